The van der Waals surface area contributed by atoms with E-state index in [1.807, 2.05) is 31.2 Å². The molecule has 0 radical (unpaired) electrons. The Bertz CT molecular complexity index is 1580. The zero-order chi connectivity index (χ0) is 25.4. The second-order valence-electron chi connectivity index (χ2n) is 9.33. The average molecular weight is 497 g/mol. The molecule has 1 amide bonds. The van der Waals surface area contributed by atoms with Crippen molar-refractivity contribution in [3.05, 3.63) is 42.9 Å². The van der Waals surface area contributed by atoms with Gasteiger partial charge in [-0.25, -0.2) is 15.0 Å². The van der Waals surface area contributed by atoms with Gasteiger partial charge < -0.3 is 20.1 Å². The number of rotatable bonds is 6. The van der Waals surface area contributed by atoms with Gasteiger partial charge in [-0.2, -0.15) is 5.10 Å². The van der Waals surface area contributed by atoms with Crippen LogP contribution in [0.25, 0.3) is 45.0 Å². The lowest BCUT2D eigenvalue weighted by Crippen LogP contribution is -2.44. The van der Waals surface area contributed by atoms with Crippen LogP contribution in [-0.2, 0) is 4.79 Å². The molecule has 0 bridgehead atoms. The molecule has 11 nitrogen and oxygen atoms in total. The zero-order valence-electron chi connectivity index (χ0n) is 20.8. The predicted molar refractivity (Wildman–Crippen MR) is 143 cm³/mol. The maximum absolute atomic E-state index is 12.0. The molecule has 3 N–H and O–H groups in total. The Balaban J connectivity index is 1.35. The maximum Gasteiger partial charge on any atom is 0.224 e. The number of fused-ring (bicyclic) bond motifs is 2. The highest BCUT2D eigenvalue weighted by molar-refractivity contribution is 5.94. The SMILES string of the molecule is CCCC(=O)Nc1cncc(-c2ccc3[nH]nc(-c4nc5nccc(N6CCN(C)CC6)c5[nH]4)c3n2)c1. The van der Waals surface area contributed by atoms with Crippen LogP contribution in [0.4, 0.5) is 11.4 Å². The Morgan fingerprint density at radius 2 is 1.97 bits per heavy atom. The Labute approximate surface area is 213 Å². The average Bonchev–Trinajstić information content (AvgIpc) is 3.53. The highest BCUT2D eigenvalue weighted by Gasteiger charge is 2.21. The van der Waals surface area contributed by atoms with Gasteiger partial charge in [-0.15, -0.1) is 0 Å². The van der Waals surface area contributed by atoms with Gasteiger partial charge >= 0.3 is 0 Å². The van der Waals surface area contributed by atoms with E-state index in [1.165, 1.54) is 0 Å². The summed E-state index contributed by atoms with van der Waals surface area (Å²) < 4.78 is 0. The minimum absolute atomic E-state index is 0.0311. The molecule has 0 atom stereocenters. The van der Waals surface area contributed by atoms with Gasteiger partial charge in [0.15, 0.2) is 17.2 Å². The number of nitrogens with one attached hydrogen (secondary N) is 3. The topological polar surface area (TPSA) is 132 Å². The minimum Gasteiger partial charge on any atom is -0.367 e. The number of carbonyl (C=O) groups excluding carboxylic acids is 1. The number of carbonyl (C=O) groups is 1. The van der Waals surface area contributed by atoms with Crippen LogP contribution in [0, 0.1) is 0 Å². The van der Waals surface area contributed by atoms with Crippen molar-refractivity contribution in [2.75, 3.05) is 43.4 Å². The van der Waals surface area contributed by atoms with Gasteiger partial charge in [0, 0.05) is 50.6 Å². The number of aromatic amines is 2. The van der Waals surface area contributed by atoms with Gasteiger partial charge in [-0.3, -0.25) is 14.9 Å². The Hall–Kier alpha value is -4.38. The van der Waals surface area contributed by atoms with Gasteiger partial charge in [0.1, 0.15) is 11.0 Å². The Morgan fingerprint density at radius 3 is 2.81 bits per heavy atom. The van der Waals surface area contributed by atoms with Crippen LogP contribution in [-0.4, -0.2) is 79.2 Å². The molecule has 1 aliphatic heterocycles. The number of nitrogens with zero attached hydrogens (tertiary/aromatic N) is 7. The normalized spacial score (nSPS) is 14.5. The molecular weight excluding hydrogens is 468 g/mol. The molecule has 0 aromatic carbocycles. The first-order chi connectivity index (χ1) is 18.1. The van der Waals surface area contributed by atoms with E-state index in [0.29, 0.717) is 34.8 Å². The van der Waals surface area contributed by atoms with Crippen molar-refractivity contribution in [1.82, 2.24) is 40.0 Å². The highest BCUT2D eigenvalue weighted by Crippen LogP contribution is 2.31. The summed E-state index contributed by atoms with van der Waals surface area (Å²) in [5, 5.41) is 10.5. The van der Waals surface area contributed by atoms with Crippen molar-refractivity contribution in [3.8, 4) is 22.8 Å². The monoisotopic (exact) mass is 496 g/mol. The van der Waals surface area contributed by atoms with E-state index in [4.69, 9.17) is 9.97 Å². The van der Waals surface area contributed by atoms with Crippen LogP contribution in [0.2, 0.25) is 0 Å². The fourth-order valence-corrected chi connectivity index (χ4v) is 4.64. The summed E-state index contributed by atoms with van der Waals surface area (Å²) in [4.78, 5) is 38.6. The third-order valence-corrected chi connectivity index (χ3v) is 6.64. The molecule has 1 fully saturated rings. The molecule has 0 spiro atoms. The fraction of sp³-hybridized carbons (Fsp3) is 0.308. The molecule has 11 heteroatoms. The lowest BCUT2D eigenvalue weighted by atomic mass is 10.1. The number of hydrogen-bond donors (Lipinski definition) is 3. The van der Waals surface area contributed by atoms with Crippen LogP contribution < -0.4 is 10.2 Å². The fourth-order valence-electron chi connectivity index (χ4n) is 4.64. The standard InChI is InChI=1S/C26H28N10O/c1-3-4-21(37)29-17-13-16(14-27-15-17)18-5-6-19-22(30-18)24(34-33-19)26-31-23-20(7-8-28-25(23)32-26)36-11-9-35(2)10-12-36/h5-8,13-15H,3-4,9-12H2,1-2H3,(H,29,37)(H,33,34)(H,28,31,32). The Kier molecular flexibility index (Phi) is 5.97. The van der Waals surface area contributed by atoms with E-state index >= 15 is 0 Å². The van der Waals surface area contributed by atoms with E-state index in [1.54, 1.807) is 18.6 Å². The largest absolute Gasteiger partial charge is 0.367 e. The molecule has 1 saturated heterocycles. The highest BCUT2D eigenvalue weighted by atomic mass is 16.1. The van der Waals surface area contributed by atoms with Crippen LogP contribution >= 0.6 is 0 Å². The van der Waals surface area contributed by atoms with Crippen LogP contribution in [0.3, 0.4) is 0 Å². The summed E-state index contributed by atoms with van der Waals surface area (Å²) in [6.07, 6.45) is 6.43. The summed E-state index contributed by atoms with van der Waals surface area (Å²) in [6.45, 7) is 5.90. The third-order valence-electron chi connectivity index (χ3n) is 6.64. The molecule has 1 aliphatic rings. The van der Waals surface area contributed by atoms with Gasteiger partial charge in [-0.05, 0) is 37.7 Å². The molecule has 0 saturated carbocycles. The van der Waals surface area contributed by atoms with Crippen molar-refractivity contribution >= 4 is 39.5 Å². The van der Waals surface area contributed by atoms with Gasteiger partial charge in [-0.1, -0.05) is 6.92 Å². The molecule has 188 valence electrons. The molecule has 5 aromatic rings. The van der Waals surface area contributed by atoms with Crippen molar-refractivity contribution in [2.24, 2.45) is 0 Å². The Morgan fingerprint density at radius 1 is 1.11 bits per heavy atom. The first-order valence-corrected chi connectivity index (χ1v) is 12.5. The molecule has 5 aromatic heterocycles. The number of pyridine rings is 3. The third kappa shape index (κ3) is 4.49. The number of likely N-dealkylation sites (N-methyl/N-ethyl adjacent to an activating group) is 1. The first-order valence-electron chi connectivity index (χ1n) is 12.5. The number of imidazole rings is 1. The summed E-state index contributed by atoms with van der Waals surface area (Å²) in [5.41, 5.74) is 6.93. The summed E-state index contributed by atoms with van der Waals surface area (Å²) in [6, 6.07) is 7.76. The van der Waals surface area contributed by atoms with Gasteiger partial charge in [0.2, 0.25) is 5.91 Å². The van der Waals surface area contributed by atoms with E-state index in [-0.39, 0.29) is 5.91 Å². The predicted octanol–water partition coefficient (Wildman–Crippen LogP) is 3.45. The number of hydrogen-bond acceptors (Lipinski definition) is 8. The molecular formula is C26H28N10O. The van der Waals surface area contributed by atoms with E-state index in [9.17, 15) is 4.79 Å². The van der Waals surface area contributed by atoms with Gasteiger partial charge in [0.05, 0.1) is 28.8 Å². The lowest BCUT2D eigenvalue weighted by molar-refractivity contribution is -0.116. The molecule has 37 heavy (non-hydrogen) atoms. The smallest absolute Gasteiger partial charge is 0.224 e. The van der Waals surface area contributed by atoms with Crippen molar-refractivity contribution < 1.29 is 4.79 Å². The second-order valence-corrected chi connectivity index (χ2v) is 9.33. The maximum atomic E-state index is 12.0. The summed E-state index contributed by atoms with van der Waals surface area (Å²) >= 11 is 0. The summed E-state index contributed by atoms with van der Waals surface area (Å²) in [7, 11) is 2.15. The molecule has 6 rings (SSSR count). The van der Waals surface area contributed by atoms with Crippen LogP contribution in [0.5, 0.6) is 0 Å². The van der Waals surface area contributed by atoms with E-state index in [2.05, 4.69) is 47.3 Å². The number of piperazine rings is 1. The second kappa shape index (κ2) is 9.58. The lowest BCUT2D eigenvalue weighted by Gasteiger charge is -2.34. The molecule has 0 unspecified atom stereocenters. The van der Waals surface area contributed by atoms with Crippen LogP contribution in [0.1, 0.15) is 19.8 Å². The first kappa shape index (κ1) is 23.0. The number of aromatic nitrogens is 7. The molecule has 0 aliphatic carbocycles. The minimum atomic E-state index is -0.0311. The zero-order valence-corrected chi connectivity index (χ0v) is 20.8. The van der Waals surface area contributed by atoms with Crippen molar-refractivity contribution in [1.29, 1.82) is 0 Å². The summed E-state index contributed by atoms with van der Waals surface area (Å²) in [5.74, 6) is 0.579. The van der Waals surface area contributed by atoms with Gasteiger partial charge in [0.25, 0.3) is 0 Å². The number of H-pyrrole nitrogens is 2. The van der Waals surface area contributed by atoms with Crippen LogP contribution in [0.15, 0.2) is 42.9 Å². The van der Waals surface area contributed by atoms with E-state index < -0.39 is 0 Å². The van der Waals surface area contributed by atoms with E-state index in [0.717, 1.165) is 60.6 Å². The van der Waals surface area contributed by atoms with Crippen molar-refractivity contribution in [2.45, 2.75) is 19.8 Å². The number of amides is 1. The quantitative estimate of drug-likeness (QED) is 0.326. The molecule has 6 heterocycles. The number of anilines is 2. The van der Waals surface area contributed by atoms with Crippen molar-refractivity contribution in [3.63, 3.8) is 0 Å².